The van der Waals surface area contributed by atoms with Crippen LogP contribution in [0.4, 0.5) is 0 Å². The van der Waals surface area contributed by atoms with E-state index in [-0.39, 0.29) is 9.92 Å². The molecule has 1 aromatic rings. The number of hydrogen-bond donors (Lipinski definition) is 2. The van der Waals surface area contributed by atoms with Crippen LogP contribution in [0.25, 0.3) is 0 Å². The maximum atomic E-state index is 12.3. The highest BCUT2D eigenvalue weighted by Crippen LogP contribution is 2.27. The Morgan fingerprint density at radius 1 is 1.38 bits per heavy atom. The lowest BCUT2D eigenvalue weighted by molar-refractivity contribution is -0.122. The monoisotopic (exact) mass is 378 g/mol. The molecule has 0 spiro atoms. The number of ether oxygens (including phenoxy) is 2. The number of benzene rings is 1. The molecule has 1 aromatic carbocycles. The molecule has 0 aliphatic heterocycles. The highest BCUT2D eigenvalue weighted by molar-refractivity contribution is 7.89. The number of halogens is 1. The van der Waals surface area contributed by atoms with Gasteiger partial charge >= 0.3 is 0 Å². The second-order valence-electron chi connectivity index (χ2n) is 5.01. The smallest absolute Gasteiger partial charge is 0.241 e. The number of sulfonamides is 1. The molecule has 0 radical (unpaired) electrons. The highest BCUT2D eigenvalue weighted by atomic mass is 35.5. The maximum Gasteiger partial charge on any atom is 0.241 e. The summed E-state index contributed by atoms with van der Waals surface area (Å²) in [5, 5.41) is 2.83. The third-order valence-corrected chi connectivity index (χ3v) is 4.90. The van der Waals surface area contributed by atoms with E-state index in [0.717, 1.165) is 0 Å². The quantitative estimate of drug-likeness (QED) is 0.602. The molecule has 0 saturated heterocycles. The fraction of sp³-hybridized carbons (Fsp3) is 0.533. The van der Waals surface area contributed by atoms with Crippen LogP contribution in [0.2, 0.25) is 5.02 Å². The fourth-order valence-electron chi connectivity index (χ4n) is 1.86. The Bertz CT molecular complexity index is 651. The Balaban J connectivity index is 2.71. The van der Waals surface area contributed by atoms with E-state index in [9.17, 15) is 13.2 Å². The van der Waals surface area contributed by atoms with Gasteiger partial charge in [-0.25, -0.2) is 8.42 Å². The zero-order chi connectivity index (χ0) is 18.2. The molecule has 136 valence electrons. The number of nitrogens with one attached hydrogen (secondary N) is 2. The van der Waals surface area contributed by atoms with Gasteiger partial charge in [0.25, 0.3) is 0 Å². The van der Waals surface area contributed by atoms with Gasteiger partial charge in [-0.3, -0.25) is 4.79 Å². The zero-order valence-corrected chi connectivity index (χ0v) is 15.5. The standard InChI is InChI=1S/C15H23ClN2O5S/c1-4-23-14-7-6-12(10-13(14)16)24(20,21)18-11(2)15(19)17-8-5-9-22-3/h6-7,10-11,18H,4-5,8-9H2,1-3H3,(H,17,19)/t11-/m1/s1. The van der Waals surface area contributed by atoms with Gasteiger partial charge in [-0.1, -0.05) is 11.6 Å². The molecule has 1 atom stereocenters. The van der Waals surface area contributed by atoms with E-state index in [2.05, 4.69) is 10.0 Å². The molecule has 0 aliphatic rings. The summed E-state index contributed by atoms with van der Waals surface area (Å²) in [5.41, 5.74) is 0. The topological polar surface area (TPSA) is 93.7 Å². The van der Waals surface area contributed by atoms with Crippen molar-refractivity contribution < 1.29 is 22.7 Å². The van der Waals surface area contributed by atoms with Crippen molar-refractivity contribution in [3.8, 4) is 5.75 Å². The Kier molecular flexibility index (Phi) is 8.47. The van der Waals surface area contributed by atoms with E-state index in [1.54, 1.807) is 14.0 Å². The van der Waals surface area contributed by atoms with E-state index in [1.807, 2.05) is 0 Å². The molecule has 0 heterocycles. The summed E-state index contributed by atoms with van der Waals surface area (Å²) in [6.07, 6.45) is 0.649. The first kappa shape index (κ1) is 20.7. The van der Waals surface area contributed by atoms with Gasteiger partial charge in [0.1, 0.15) is 5.75 Å². The van der Waals surface area contributed by atoms with Crippen molar-refractivity contribution in [2.75, 3.05) is 26.9 Å². The Labute approximate surface area is 147 Å². The minimum Gasteiger partial charge on any atom is -0.492 e. The second-order valence-corrected chi connectivity index (χ2v) is 7.13. The fourth-order valence-corrected chi connectivity index (χ4v) is 3.39. The van der Waals surface area contributed by atoms with E-state index in [4.69, 9.17) is 21.1 Å². The molecule has 1 amide bonds. The van der Waals surface area contributed by atoms with Crippen LogP contribution in [-0.4, -0.2) is 47.2 Å². The van der Waals surface area contributed by atoms with Gasteiger partial charge < -0.3 is 14.8 Å². The number of hydrogen-bond acceptors (Lipinski definition) is 5. The summed E-state index contributed by atoms with van der Waals surface area (Å²) in [6, 6.07) is 3.24. The molecule has 2 N–H and O–H groups in total. The molecule has 0 saturated carbocycles. The average Bonchev–Trinajstić information content (AvgIpc) is 2.53. The van der Waals surface area contributed by atoms with Gasteiger partial charge in [-0.05, 0) is 38.5 Å². The zero-order valence-electron chi connectivity index (χ0n) is 14.0. The number of rotatable bonds is 10. The Hall–Kier alpha value is -1.35. The maximum absolute atomic E-state index is 12.3. The summed E-state index contributed by atoms with van der Waals surface area (Å²) < 4.78 is 37.1. The van der Waals surface area contributed by atoms with Crippen LogP contribution in [0.1, 0.15) is 20.3 Å². The van der Waals surface area contributed by atoms with Crippen molar-refractivity contribution in [1.82, 2.24) is 10.0 Å². The van der Waals surface area contributed by atoms with Crippen LogP contribution in [0.5, 0.6) is 5.75 Å². The normalized spacial score (nSPS) is 12.7. The minimum absolute atomic E-state index is 0.0324. The summed E-state index contributed by atoms with van der Waals surface area (Å²) in [4.78, 5) is 11.9. The predicted octanol–water partition coefficient (Wildman–Crippen LogP) is 1.56. The van der Waals surface area contributed by atoms with Crippen LogP contribution < -0.4 is 14.8 Å². The SMILES string of the molecule is CCOc1ccc(S(=O)(=O)N[C@H](C)C(=O)NCCCOC)cc1Cl. The van der Waals surface area contributed by atoms with Gasteiger partial charge in [0.2, 0.25) is 15.9 Å². The number of carbonyl (C=O) groups is 1. The van der Waals surface area contributed by atoms with Gasteiger partial charge in [0, 0.05) is 20.3 Å². The van der Waals surface area contributed by atoms with Crippen LogP contribution in [0.3, 0.4) is 0 Å². The highest BCUT2D eigenvalue weighted by Gasteiger charge is 2.22. The molecule has 24 heavy (non-hydrogen) atoms. The van der Waals surface area contributed by atoms with Crippen molar-refractivity contribution in [2.45, 2.75) is 31.2 Å². The lowest BCUT2D eigenvalue weighted by atomic mass is 10.3. The van der Waals surface area contributed by atoms with Crippen molar-refractivity contribution in [1.29, 1.82) is 0 Å². The number of amides is 1. The van der Waals surface area contributed by atoms with Gasteiger partial charge in [-0.2, -0.15) is 4.72 Å². The first-order chi connectivity index (χ1) is 11.3. The lowest BCUT2D eigenvalue weighted by Crippen LogP contribution is -2.45. The largest absolute Gasteiger partial charge is 0.492 e. The Morgan fingerprint density at radius 2 is 2.08 bits per heavy atom. The third-order valence-electron chi connectivity index (χ3n) is 3.06. The summed E-state index contributed by atoms with van der Waals surface area (Å²) >= 11 is 6.00. The number of methoxy groups -OCH3 is 1. The first-order valence-corrected chi connectivity index (χ1v) is 9.39. The molecule has 0 aromatic heterocycles. The molecule has 0 fully saturated rings. The molecular weight excluding hydrogens is 356 g/mol. The van der Waals surface area contributed by atoms with Crippen LogP contribution in [-0.2, 0) is 19.6 Å². The van der Waals surface area contributed by atoms with Crippen molar-refractivity contribution in [3.05, 3.63) is 23.2 Å². The van der Waals surface area contributed by atoms with Crippen LogP contribution >= 0.6 is 11.6 Å². The molecule has 0 aliphatic carbocycles. The molecule has 1 rings (SSSR count). The summed E-state index contributed by atoms with van der Waals surface area (Å²) in [5.74, 6) is -0.00578. The van der Waals surface area contributed by atoms with Crippen molar-refractivity contribution in [2.24, 2.45) is 0 Å². The van der Waals surface area contributed by atoms with Crippen LogP contribution in [0, 0.1) is 0 Å². The molecular formula is C15H23ClN2O5S. The average molecular weight is 379 g/mol. The van der Waals surface area contributed by atoms with Gasteiger partial charge in [0.15, 0.2) is 0 Å². The van der Waals surface area contributed by atoms with Gasteiger partial charge in [-0.15, -0.1) is 0 Å². The molecule has 7 nitrogen and oxygen atoms in total. The molecule has 0 bridgehead atoms. The van der Waals surface area contributed by atoms with Crippen molar-refractivity contribution in [3.63, 3.8) is 0 Å². The summed E-state index contributed by atoms with van der Waals surface area (Å²) in [6.45, 7) is 4.62. The Morgan fingerprint density at radius 3 is 2.67 bits per heavy atom. The van der Waals surface area contributed by atoms with E-state index in [0.29, 0.717) is 31.9 Å². The summed E-state index contributed by atoms with van der Waals surface area (Å²) in [7, 11) is -2.30. The second kappa shape index (κ2) is 9.83. The van der Waals surface area contributed by atoms with Crippen LogP contribution in [0.15, 0.2) is 23.1 Å². The molecule has 0 unspecified atom stereocenters. The predicted molar refractivity (Wildman–Crippen MR) is 91.9 cm³/mol. The first-order valence-electron chi connectivity index (χ1n) is 7.53. The van der Waals surface area contributed by atoms with E-state index >= 15 is 0 Å². The minimum atomic E-state index is -3.87. The number of carbonyl (C=O) groups excluding carboxylic acids is 1. The van der Waals surface area contributed by atoms with E-state index in [1.165, 1.54) is 25.1 Å². The van der Waals surface area contributed by atoms with Gasteiger partial charge in [0.05, 0.1) is 22.6 Å². The lowest BCUT2D eigenvalue weighted by Gasteiger charge is -2.15. The third kappa shape index (κ3) is 6.27. The van der Waals surface area contributed by atoms with Crippen molar-refractivity contribution >= 4 is 27.5 Å². The van der Waals surface area contributed by atoms with E-state index < -0.39 is 22.0 Å². The molecule has 9 heteroatoms.